The standard InChI is InChI=1S/C47H29N3O/c1-3-12-30(13-4-1)31-22-24-34(25-23-31)46-48-45(33-15-5-2-6-16-33)49-47(50-46)35-26-27-42-41(28-35)44-39-20-10-9-19-38(39)40(29-43(44)51-42)37-21-11-17-32-14-7-8-18-36(32)37/h1-29H/i7D,8D,11D,14D,17D,18D,21D. The molecule has 0 aliphatic carbocycles. The summed E-state index contributed by atoms with van der Waals surface area (Å²) >= 11 is 0. The molecule has 2 heterocycles. The minimum absolute atomic E-state index is 0.0227. The molecule has 0 saturated heterocycles. The zero-order valence-corrected chi connectivity index (χ0v) is 27.0. The fourth-order valence-corrected chi connectivity index (χ4v) is 6.79. The quantitative estimate of drug-likeness (QED) is 0.185. The van der Waals surface area contributed by atoms with Crippen molar-refractivity contribution >= 4 is 43.5 Å². The molecule has 0 aliphatic rings. The van der Waals surface area contributed by atoms with E-state index in [-0.39, 0.29) is 28.4 Å². The Bertz CT molecular complexity index is 3290. The Morgan fingerprint density at radius 3 is 1.73 bits per heavy atom. The summed E-state index contributed by atoms with van der Waals surface area (Å²) in [4.78, 5) is 14.9. The molecule has 0 unspecified atom stereocenters. The summed E-state index contributed by atoms with van der Waals surface area (Å²) in [6.07, 6.45) is 0. The lowest BCUT2D eigenvalue weighted by molar-refractivity contribution is 0.669. The SMILES string of the molecule is [2H]c1c([2H])c([2H])c2c(-c3cc4oc5ccc(-c6nc(-c7ccccc7)nc(-c7ccc(-c8ccccc8)cc7)n6)cc5c4c4ccccc34)c([2H])c([2H])c([2H])c2c1[2H]. The van der Waals surface area contributed by atoms with Crippen LogP contribution in [0.5, 0.6) is 0 Å². The van der Waals surface area contributed by atoms with Gasteiger partial charge in [-0.1, -0.05) is 151 Å². The molecule has 0 amide bonds. The van der Waals surface area contributed by atoms with Crippen molar-refractivity contribution < 1.29 is 14.0 Å². The number of rotatable bonds is 5. The number of hydrogen-bond acceptors (Lipinski definition) is 4. The second-order valence-electron chi connectivity index (χ2n) is 12.3. The summed E-state index contributed by atoms with van der Waals surface area (Å²) in [5.41, 5.74) is 6.31. The maximum Gasteiger partial charge on any atom is 0.164 e. The van der Waals surface area contributed by atoms with Crippen LogP contribution in [0.15, 0.2) is 180 Å². The third kappa shape index (κ3) is 5.04. The molecule has 2 aromatic heterocycles. The molecule has 0 bridgehead atoms. The van der Waals surface area contributed by atoms with Gasteiger partial charge in [-0.3, -0.25) is 0 Å². The van der Waals surface area contributed by atoms with E-state index in [4.69, 9.17) is 29.0 Å². The molecule has 10 rings (SSSR count). The summed E-state index contributed by atoms with van der Waals surface area (Å²) in [6.45, 7) is 0. The van der Waals surface area contributed by atoms with Crippen LogP contribution in [0, 0.1) is 0 Å². The van der Waals surface area contributed by atoms with E-state index in [1.54, 1.807) is 6.07 Å². The third-order valence-electron chi connectivity index (χ3n) is 9.23. The zero-order chi connectivity index (χ0) is 39.8. The Labute approximate surface area is 304 Å². The average molecular weight is 659 g/mol. The molecular formula is C47H29N3O. The van der Waals surface area contributed by atoms with Crippen molar-refractivity contribution in [1.82, 2.24) is 15.0 Å². The molecule has 0 N–H and O–H groups in total. The largest absolute Gasteiger partial charge is 0.456 e. The Morgan fingerprint density at radius 2 is 0.961 bits per heavy atom. The predicted molar refractivity (Wildman–Crippen MR) is 209 cm³/mol. The highest BCUT2D eigenvalue weighted by molar-refractivity contribution is 6.23. The van der Waals surface area contributed by atoms with Crippen LogP contribution in [0.1, 0.15) is 9.60 Å². The Balaban J connectivity index is 1.18. The summed E-state index contributed by atoms with van der Waals surface area (Å²) in [7, 11) is 0. The first kappa shape index (κ1) is 22.7. The van der Waals surface area contributed by atoms with Gasteiger partial charge in [-0.05, 0) is 68.1 Å². The summed E-state index contributed by atoms with van der Waals surface area (Å²) in [5, 5.41) is 2.99. The van der Waals surface area contributed by atoms with Crippen LogP contribution in [0.4, 0.5) is 0 Å². The topological polar surface area (TPSA) is 51.8 Å². The van der Waals surface area contributed by atoms with Crippen LogP contribution in [-0.4, -0.2) is 15.0 Å². The third-order valence-corrected chi connectivity index (χ3v) is 9.23. The lowest BCUT2D eigenvalue weighted by Gasteiger charge is -2.11. The van der Waals surface area contributed by atoms with Gasteiger partial charge in [0.05, 0.1) is 9.60 Å². The number of fused-ring (bicyclic) bond motifs is 6. The van der Waals surface area contributed by atoms with Gasteiger partial charge in [-0.25, -0.2) is 15.0 Å². The molecule has 8 aromatic carbocycles. The smallest absolute Gasteiger partial charge is 0.164 e. The van der Waals surface area contributed by atoms with Gasteiger partial charge in [0.25, 0.3) is 0 Å². The molecule has 0 radical (unpaired) electrons. The molecule has 0 saturated carbocycles. The van der Waals surface area contributed by atoms with Crippen molar-refractivity contribution in [1.29, 1.82) is 0 Å². The number of furan rings is 1. The van der Waals surface area contributed by atoms with Crippen LogP contribution in [0.3, 0.4) is 0 Å². The second kappa shape index (κ2) is 11.9. The second-order valence-corrected chi connectivity index (χ2v) is 12.3. The first-order valence-electron chi connectivity index (χ1n) is 20.0. The molecule has 0 spiro atoms. The Hall–Kier alpha value is -6.91. The summed E-state index contributed by atoms with van der Waals surface area (Å²) in [6, 6.07) is 40.3. The van der Waals surface area contributed by atoms with E-state index in [1.807, 2.05) is 103 Å². The van der Waals surface area contributed by atoms with E-state index < -0.39 is 30.2 Å². The molecular weight excluding hydrogens is 623 g/mol. The average Bonchev–Trinajstić information content (AvgIpc) is 3.65. The van der Waals surface area contributed by atoms with Crippen LogP contribution < -0.4 is 0 Å². The molecule has 51 heavy (non-hydrogen) atoms. The minimum Gasteiger partial charge on any atom is -0.456 e. The van der Waals surface area contributed by atoms with E-state index >= 15 is 0 Å². The normalized spacial score (nSPS) is 13.5. The molecule has 4 nitrogen and oxygen atoms in total. The number of benzene rings is 8. The van der Waals surface area contributed by atoms with Gasteiger partial charge < -0.3 is 4.42 Å². The van der Waals surface area contributed by atoms with E-state index in [0.717, 1.165) is 44.0 Å². The van der Waals surface area contributed by atoms with Gasteiger partial charge in [0.15, 0.2) is 17.5 Å². The van der Waals surface area contributed by atoms with Crippen molar-refractivity contribution in [2.24, 2.45) is 0 Å². The van der Waals surface area contributed by atoms with Gasteiger partial charge in [-0.15, -0.1) is 0 Å². The summed E-state index contributed by atoms with van der Waals surface area (Å²) < 4.78 is 67.1. The van der Waals surface area contributed by atoms with Crippen molar-refractivity contribution in [2.75, 3.05) is 0 Å². The number of nitrogens with zero attached hydrogens (tertiary/aromatic N) is 3. The van der Waals surface area contributed by atoms with Crippen LogP contribution >= 0.6 is 0 Å². The fourth-order valence-electron chi connectivity index (χ4n) is 6.79. The lowest BCUT2D eigenvalue weighted by Crippen LogP contribution is -2.00. The van der Waals surface area contributed by atoms with Gasteiger partial charge in [0.2, 0.25) is 0 Å². The molecule has 4 heteroatoms. The molecule has 238 valence electrons. The fraction of sp³-hybridized carbons (Fsp3) is 0. The predicted octanol–water partition coefficient (Wildman–Crippen LogP) is 12.4. The lowest BCUT2D eigenvalue weighted by atomic mass is 9.92. The van der Waals surface area contributed by atoms with E-state index in [1.165, 1.54) is 0 Å². The molecule has 0 aliphatic heterocycles. The van der Waals surface area contributed by atoms with Gasteiger partial charge in [0, 0.05) is 27.5 Å². The van der Waals surface area contributed by atoms with Crippen molar-refractivity contribution in [2.45, 2.75) is 0 Å². The maximum atomic E-state index is 9.06. The number of hydrogen-bond donors (Lipinski definition) is 0. The van der Waals surface area contributed by atoms with E-state index in [9.17, 15) is 0 Å². The molecule has 10 aromatic rings. The molecule has 0 fully saturated rings. The first-order valence-corrected chi connectivity index (χ1v) is 16.5. The minimum atomic E-state index is -0.496. The highest BCUT2D eigenvalue weighted by Crippen LogP contribution is 2.42. The molecule has 0 atom stereocenters. The summed E-state index contributed by atoms with van der Waals surface area (Å²) in [5.74, 6) is 1.54. The maximum absolute atomic E-state index is 9.06. The van der Waals surface area contributed by atoms with Crippen molar-refractivity contribution in [3.8, 4) is 56.4 Å². The highest BCUT2D eigenvalue weighted by atomic mass is 16.3. The van der Waals surface area contributed by atoms with Crippen molar-refractivity contribution in [3.63, 3.8) is 0 Å². The van der Waals surface area contributed by atoms with E-state index in [0.29, 0.717) is 39.6 Å². The van der Waals surface area contributed by atoms with Gasteiger partial charge in [-0.2, -0.15) is 0 Å². The van der Waals surface area contributed by atoms with Crippen LogP contribution in [0.2, 0.25) is 0 Å². The Kier molecular flexibility index (Phi) is 5.29. The van der Waals surface area contributed by atoms with Crippen LogP contribution in [0.25, 0.3) is 99.9 Å². The monoisotopic (exact) mass is 658 g/mol. The first-order chi connectivity index (χ1) is 28.2. The van der Waals surface area contributed by atoms with Gasteiger partial charge >= 0.3 is 0 Å². The zero-order valence-electron chi connectivity index (χ0n) is 34.0. The van der Waals surface area contributed by atoms with E-state index in [2.05, 4.69) is 24.3 Å². The highest BCUT2D eigenvalue weighted by Gasteiger charge is 2.18. The number of aromatic nitrogens is 3. The van der Waals surface area contributed by atoms with Gasteiger partial charge in [0.1, 0.15) is 11.2 Å². The van der Waals surface area contributed by atoms with Crippen molar-refractivity contribution in [3.05, 3.63) is 176 Å². The van der Waals surface area contributed by atoms with Crippen LogP contribution in [-0.2, 0) is 0 Å². The Morgan fingerprint density at radius 1 is 0.392 bits per heavy atom.